The molecule has 5 heteroatoms. The molecule has 0 fully saturated rings. The van der Waals surface area contributed by atoms with Crippen LogP contribution in [0, 0.1) is 0 Å². The minimum absolute atomic E-state index is 0.411. The summed E-state index contributed by atoms with van der Waals surface area (Å²) in [5.41, 5.74) is 1.58. The maximum absolute atomic E-state index is 12.8. The lowest BCUT2D eigenvalue weighted by atomic mass is 10.2. The highest BCUT2D eigenvalue weighted by atomic mass is 79.9. The Morgan fingerprint density at radius 1 is 0.818 bits per heavy atom. The molecular formula is C17H18BrNO2S. The van der Waals surface area contributed by atoms with Crippen LogP contribution < -0.4 is 4.90 Å². The number of hydrogen-bond acceptors (Lipinski definition) is 3. The second kappa shape index (κ2) is 6.42. The number of sulfone groups is 1. The molecule has 0 atom stereocenters. The molecule has 2 aromatic carbocycles. The molecule has 0 aliphatic carbocycles. The third kappa shape index (κ3) is 2.68. The summed E-state index contributed by atoms with van der Waals surface area (Å²) in [6, 6.07) is 14.6. The van der Waals surface area contributed by atoms with Crippen molar-refractivity contribution in [1.29, 1.82) is 0 Å². The van der Waals surface area contributed by atoms with Gasteiger partial charge in [0.15, 0.2) is 0 Å². The Bertz CT molecular complexity index is 720. The normalized spacial score (nSPS) is 15.2. The molecule has 0 saturated carbocycles. The number of unbranched alkanes of at least 4 members (excludes halogenated alkanes) is 2. The fourth-order valence-corrected chi connectivity index (χ4v) is 4.90. The van der Waals surface area contributed by atoms with E-state index in [1.165, 1.54) is 0 Å². The first kappa shape index (κ1) is 15.6. The zero-order chi connectivity index (χ0) is 15.6. The number of alkyl halides is 1. The lowest BCUT2D eigenvalue weighted by Crippen LogP contribution is -2.26. The molecule has 0 N–H and O–H groups in total. The number of rotatable bonds is 5. The van der Waals surface area contributed by atoms with Crippen LogP contribution in [0.4, 0.5) is 11.4 Å². The second-order valence-corrected chi connectivity index (χ2v) is 8.02. The van der Waals surface area contributed by atoms with E-state index in [4.69, 9.17) is 0 Å². The number of nitrogens with zero attached hydrogens (tertiary/aromatic N) is 1. The molecule has 0 spiro atoms. The van der Waals surface area contributed by atoms with Gasteiger partial charge in [0.05, 0.1) is 21.2 Å². The zero-order valence-electron chi connectivity index (χ0n) is 12.2. The summed E-state index contributed by atoms with van der Waals surface area (Å²) in [5, 5.41) is 1.01. The van der Waals surface area contributed by atoms with Gasteiger partial charge >= 0.3 is 0 Å². The first-order chi connectivity index (χ1) is 10.7. The molecule has 2 aromatic rings. The van der Waals surface area contributed by atoms with Crippen molar-refractivity contribution in [2.75, 3.05) is 16.8 Å². The molecule has 0 aromatic heterocycles. The lowest BCUT2D eigenvalue weighted by Gasteiger charge is -2.32. The highest BCUT2D eigenvalue weighted by molar-refractivity contribution is 9.09. The Morgan fingerprint density at radius 3 is 1.91 bits per heavy atom. The largest absolute Gasteiger partial charge is 0.339 e. The average molecular weight is 380 g/mol. The first-order valence-electron chi connectivity index (χ1n) is 7.43. The van der Waals surface area contributed by atoms with Crippen LogP contribution in [0.2, 0.25) is 0 Å². The van der Waals surface area contributed by atoms with E-state index in [1.54, 1.807) is 24.3 Å². The van der Waals surface area contributed by atoms with Gasteiger partial charge in [-0.3, -0.25) is 0 Å². The van der Waals surface area contributed by atoms with E-state index >= 15 is 0 Å². The van der Waals surface area contributed by atoms with Gasteiger partial charge in [-0.25, -0.2) is 8.42 Å². The summed E-state index contributed by atoms with van der Waals surface area (Å²) in [6.07, 6.45) is 3.29. The Labute approximate surface area is 140 Å². The predicted octanol–water partition coefficient (Wildman–Crippen LogP) is 4.54. The number of para-hydroxylation sites is 2. The van der Waals surface area contributed by atoms with Gasteiger partial charge in [0.1, 0.15) is 0 Å². The number of anilines is 2. The maximum Gasteiger partial charge on any atom is 0.210 e. The van der Waals surface area contributed by atoms with Crippen molar-refractivity contribution >= 4 is 37.1 Å². The van der Waals surface area contributed by atoms with Crippen molar-refractivity contribution in [1.82, 2.24) is 0 Å². The van der Waals surface area contributed by atoms with E-state index in [-0.39, 0.29) is 0 Å². The Kier molecular flexibility index (Phi) is 4.54. The summed E-state index contributed by atoms with van der Waals surface area (Å²) in [6.45, 7) is 0.830. The summed E-state index contributed by atoms with van der Waals surface area (Å²) < 4.78 is 25.6. The van der Waals surface area contributed by atoms with E-state index in [0.717, 1.165) is 42.5 Å². The number of halogens is 1. The molecule has 22 heavy (non-hydrogen) atoms. The molecule has 3 rings (SSSR count). The van der Waals surface area contributed by atoms with Crippen molar-refractivity contribution < 1.29 is 8.42 Å². The van der Waals surface area contributed by atoms with Crippen molar-refractivity contribution in [2.45, 2.75) is 29.1 Å². The van der Waals surface area contributed by atoms with Crippen LogP contribution in [0.1, 0.15) is 19.3 Å². The number of fused-ring (bicyclic) bond motifs is 2. The van der Waals surface area contributed by atoms with Crippen LogP contribution >= 0.6 is 15.9 Å². The molecule has 0 unspecified atom stereocenters. The Balaban J connectivity index is 2.04. The highest BCUT2D eigenvalue weighted by Crippen LogP contribution is 2.43. The molecular weight excluding hydrogens is 362 g/mol. The first-order valence-corrected chi connectivity index (χ1v) is 10.0. The number of benzene rings is 2. The van der Waals surface area contributed by atoms with Gasteiger partial charge in [-0.05, 0) is 37.1 Å². The molecule has 1 aliphatic rings. The van der Waals surface area contributed by atoms with Gasteiger partial charge in [0.2, 0.25) is 9.84 Å². The van der Waals surface area contributed by atoms with Gasteiger partial charge in [0.25, 0.3) is 0 Å². The summed E-state index contributed by atoms with van der Waals surface area (Å²) in [4.78, 5) is 2.96. The standard InChI is InChI=1S/C17H18BrNO2S/c18-12-6-1-7-13-19-14-8-2-4-10-16(14)22(20,21)17-11-5-3-9-15(17)19/h2-5,8-11H,1,6-7,12-13H2. The monoisotopic (exact) mass is 379 g/mol. The Morgan fingerprint density at radius 2 is 1.36 bits per heavy atom. The molecule has 3 nitrogen and oxygen atoms in total. The summed E-state index contributed by atoms with van der Waals surface area (Å²) in [5.74, 6) is 0. The third-order valence-electron chi connectivity index (χ3n) is 3.91. The van der Waals surface area contributed by atoms with Gasteiger partial charge in [-0.2, -0.15) is 0 Å². The molecule has 0 saturated heterocycles. The topological polar surface area (TPSA) is 37.4 Å². The number of hydrogen-bond donors (Lipinski definition) is 0. The average Bonchev–Trinajstić information content (AvgIpc) is 2.54. The molecule has 116 valence electrons. The van der Waals surface area contributed by atoms with Gasteiger partial charge in [0, 0.05) is 11.9 Å². The maximum atomic E-state index is 12.8. The molecule has 0 radical (unpaired) electrons. The summed E-state index contributed by atoms with van der Waals surface area (Å²) >= 11 is 3.45. The van der Waals surface area contributed by atoms with Crippen LogP contribution in [0.15, 0.2) is 58.3 Å². The molecule has 1 aliphatic heterocycles. The van der Waals surface area contributed by atoms with Crippen LogP contribution in [-0.2, 0) is 9.84 Å². The minimum Gasteiger partial charge on any atom is -0.339 e. The zero-order valence-corrected chi connectivity index (χ0v) is 14.6. The highest BCUT2D eigenvalue weighted by Gasteiger charge is 2.33. The van der Waals surface area contributed by atoms with Gasteiger partial charge < -0.3 is 4.90 Å². The fourth-order valence-electron chi connectivity index (χ4n) is 2.85. The second-order valence-electron chi connectivity index (χ2n) is 5.34. The molecule has 0 amide bonds. The van der Waals surface area contributed by atoms with Crippen LogP contribution in [0.25, 0.3) is 0 Å². The third-order valence-corrected chi connectivity index (χ3v) is 6.32. The SMILES string of the molecule is O=S1(=O)c2ccccc2N(CCCCCBr)c2ccccc21. The van der Waals surface area contributed by atoms with Crippen molar-refractivity contribution in [3.8, 4) is 0 Å². The molecule has 0 bridgehead atoms. The van der Waals surface area contributed by atoms with E-state index in [0.29, 0.717) is 9.79 Å². The Hall–Kier alpha value is -1.33. The lowest BCUT2D eigenvalue weighted by molar-refractivity contribution is 0.593. The van der Waals surface area contributed by atoms with Crippen LogP contribution in [-0.4, -0.2) is 20.3 Å². The smallest absolute Gasteiger partial charge is 0.210 e. The van der Waals surface area contributed by atoms with Crippen LogP contribution in [0.5, 0.6) is 0 Å². The predicted molar refractivity (Wildman–Crippen MR) is 93.0 cm³/mol. The van der Waals surface area contributed by atoms with Crippen LogP contribution in [0.3, 0.4) is 0 Å². The van der Waals surface area contributed by atoms with E-state index in [2.05, 4.69) is 20.8 Å². The quantitative estimate of drug-likeness (QED) is 0.565. The fraction of sp³-hybridized carbons (Fsp3) is 0.294. The van der Waals surface area contributed by atoms with Gasteiger partial charge in [-0.15, -0.1) is 0 Å². The van der Waals surface area contributed by atoms with Crippen molar-refractivity contribution in [3.63, 3.8) is 0 Å². The van der Waals surface area contributed by atoms with E-state index in [9.17, 15) is 8.42 Å². The van der Waals surface area contributed by atoms with Crippen molar-refractivity contribution in [3.05, 3.63) is 48.5 Å². The van der Waals surface area contributed by atoms with Gasteiger partial charge in [-0.1, -0.05) is 46.6 Å². The minimum atomic E-state index is -3.42. The van der Waals surface area contributed by atoms with E-state index in [1.807, 2.05) is 24.3 Å². The summed E-state index contributed by atoms with van der Waals surface area (Å²) in [7, 11) is -3.42. The molecule has 1 heterocycles. The van der Waals surface area contributed by atoms with E-state index < -0.39 is 9.84 Å². The van der Waals surface area contributed by atoms with Crippen molar-refractivity contribution in [2.24, 2.45) is 0 Å².